The van der Waals surface area contributed by atoms with Crippen molar-refractivity contribution < 1.29 is 19.3 Å². The summed E-state index contributed by atoms with van der Waals surface area (Å²) in [6.07, 6.45) is 2.84. The van der Waals surface area contributed by atoms with Gasteiger partial charge in [0.15, 0.2) is 0 Å². The number of piperidine rings is 1. The highest BCUT2D eigenvalue weighted by Crippen LogP contribution is 2.30. The topological polar surface area (TPSA) is 72.8 Å². The van der Waals surface area contributed by atoms with E-state index in [0.717, 1.165) is 39.0 Å². The van der Waals surface area contributed by atoms with E-state index in [1.807, 2.05) is 0 Å². The maximum atomic E-state index is 13.3. The van der Waals surface area contributed by atoms with Crippen molar-refractivity contribution in [3.63, 3.8) is 0 Å². The normalized spacial score (nSPS) is 18.5. The van der Waals surface area contributed by atoms with E-state index in [1.54, 1.807) is 12.1 Å². The fraction of sp³-hybridized carbons (Fsp3) is 0.611. The molecule has 1 fully saturated rings. The smallest absolute Gasteiger partial charge is 0.320 e. The van der Waals surface area contributed by atoms with Gasteiger partial charge in [0.2, 0.25) is 0 Å². The van der Waals surface area contributed by atoms with E-state index < -0.39 is 17.8 Å². The van der Waals surface area contributed by atoms with E-state index in [0.29, 0.717) is 19.3 Å². The standard InChI is InChI=1S/C18H26BClFN2O3/c1-12(14-3-4-16(21)15(20)11-14)23-9-5-13(6-10-23)17(18(24)25)22-8-2-7-19-26/h3-4,11-13,17,22,26H,2,5-10H2,1H3,(H,24,25). The number of rotatable bonds is 9. The fourth-order valence-corrected chi connectivity index (χ4v) is 3.72. The Hall–Kier alpha value is -1.15. The molecule has 0 amide bonds. The van der Waals surface area contributed by atoms with Crippen LogP contribution in [-0.4, -0.2) is 54.2 Å². The van der Waals surface area contributed by atoms with Crippen LogP contribution in [0, 0.1) is 11.7 Å². The van der Waals surface area contributed by atoms with Gasteiger partial charge in [-0.3, -0.25) is 9.69 Å². The van der Waals surface area contributed by atoms with Gasteiger partial charge in [-0.2, -0.15) is 0 Å². The molecule has 5 nitrogen and oxygen atoms in total. The van der Waals surface area contributed by atoms with E-state index in [4.69, 9.17) is 16.6 Å². The van der Waals surface area contributed by atoms with Crippen molar-refractivity contribution in [1.82, 2.24) is 10.2 Å². The number of nitrogens with zero attached hydrogens (tertiary/aromatic N) is 1. The Bertz CT molecular complexity index is 600. The Morgan fingerprint density at radius 1 is 1.46 bits per heavy atom. The molecule has 1 saturated heterocycles. The summed E-state index contributed by atoms with van der Waals surface area (Å²) in [7, 11) is 1.10. The van der Waals surface area contributed by atoms with Crippen molar-refractivity contribution in [2.24, 2.45) is 5.92 Å². The van der Waals surface area contributed by atoms with Crippen molar-refractivity contribution in [2.45, 2.75) is 44.6 Å². The summed E-state index contributed by atoms with van der Waals surface area (Å²) < 4.78 is 13.3. The lowest BCUT2D eigenvalue weighted by molar-refractivity contribution is -0.141. The first-order chi connectivity index (χ1) is 12.4. The number of hydrogen-bond donors (Lipinski definition) is 3. The Morgan fingerprint density at radius 2 is 2.15 bits per heavy atom. The lowest BCUT2D eigenvalue weighted by Gasteiger charge is -2.38. The molecule has 0 aromatic heterocycles. The van der Waals surface area contributed by atoms with E-state index in [1.165, 1.54) is 6.07 Å². The third kappa shape index (κ3) is 5.68. The van der Waals surface area contributed by atoms with Gasteiger partial charge in [-0.1, -0.05) is 24.0 Å². The van der Waals surface area contributed by atoms with Crippen LogP contribution in [0.4, 0.5) is 4.39 Å². The van der Waals surface area contributed by atoms with Crippen molar-refractivity contribution in [1.29, 1.82) is 0 Å². The minimum absolute atomic E-state index is 0.0749. The van der Waals surface area contributed by atoms with E-state index >= 15 is 0 Å². The molecule has 1 aromatic carbocycles. The number of aliphatic carboxylic acids is 1. The Kier molecular flexibility index (Phi) is 8.35. The predicted molar refractivity (Wildman–Crippen MR) is 101 cm³/mol. The third-order valence-corrected chi connectivity index (χ3v) is 5.45. The van der Waals surface area contributed by atoms with E-state index in [-0.39, 0.29) is 17.0 Å². The van der Waals surface area contributed by atoms with Gasteiger partial charge in [-0.05, 0) is 69.4 Å². The summed E-state index contributed by atoms with van der Waals surface area (Å²) in [5, 5.41) is 21.4. The molecular formula is C18H26BClFN2O3. The van der Waals surface area contributed by atoms with Crippen molar-refractivity contribution in [3.8, 4) is 0 Å². The molecule has 0 aliphatic carbocycles. The number of carbonyl (C=O) groups is 1. The van der Waals surface area contributed by atoms with Crippen LogP contribution in [0.2, 0.25) is 11.3 Å². The molecule has 0 bridgehead atoms. The number of nitrogens with one attached hydrogen (secondary N) is 1. The molecule has 3 N–H and O–H groups in total. The highest BCUT2D eigenvalue weighted by Gasteiger charge is 2.32. The zero-order valence-corrected chi connectivity index (χ0v) is 15.8. The number of hydrogen-bond acceptors (Lipinski definition) is 4. The van der Waals surface area contributed by atoms with Crippen LogP contribution in [0.5, 0.6) is 0 Å². The van der Waals surface area contributed by atoms with Gasteiger partial charge in [0.05, 0.1) is 5.02 Å². The molecule has 143 valence electrons. The summed E-state index contributed by atoms with van der Waals surface area (Å²) in [4.78, 5) is 13.9. The number of likely N-dealkylation sites (tertiary alicyclic amines) is 1. The number of carboxylic acid groups (broad SMARTS) is 1. The molecular weight excluding hydrogens is 357 g/mol. The van der Waals surface area contributed by atoms with Crippen molar-refractivity contribution in [3.05, 3.63) is 34.6 Å². The number of carboxylic acids is 1. The van der Waals surface area contributed by atoms with Crippen molar-refractivity contribution >= 4 is 25.1 Å². The molecule has 2 rings (SSSR count). The van der Waals surface area contributed by atoms with Crippen LogP contribution in [0.25, 0.3) is 0 Å². The molecule has 0 saturated carbocycles. The van der Waals surface area contributed by atoms with Gasteiger partial charge in [0, 0.05) is 6.04 Å². The maximum Gasteiger partial charge on any atom is 0.320 e. The van der Waals surface area contributed by atoms with E-state index in [2.05, 4.69) is 17.1 Å². The molecule has 8 heteroatoms. The molecule has 0 spiro atoms. The molecule has 1 aliphatic heterocycles. The monoisotopic (exact) mass is 383 g/mol. The molecule has 1 aliphatic rings. The molecule has 1 aromatic rings. The Labute approximate surface area is 159 Å². The lowest BCUT2D eigenvalue weighted by atomic mass is 9.87. The van der Waals surface area contributed by atoms with Crippen LogP contribution in [0.1, 0.15) is 37.8 Å². The van der Waals surface area contributed by atoms with Gasteiger partial charge >= 0.3 is 5.97 Å². The first-order valence-corrected chi connectivity index (χ1v) is 9.43. The summed E-state index contributed by atoms with van der Waals surface area (Å²) in [5.41, 5.74) is 0.961. The van der Waals surface area contributed by atoms with E-state index in [9.17, 15) is 14.3 Å². The van der Waals surface area contributed by atoms with Gasteiger partial charge in [-0.25, -0.2) is 4.39 Å². The van der Waals surface area contributed by atoms with Gasteiger partial charge in [-0.15, -0.1) is 0 Å². The van der Waals surface area contributed by atoms with Crippen LogP contribution >= 0.6 is 11.6 Å². The average Bonchev–Trinajstić information content (AvgIpc) is 2.63. The summed E-state index contributed by atoms with van der Waals surface area (Å²) in [6.45, 7) is 4.20. The van der Waals surface area contributed by atoms with Gasteiger partial charge in [0.1, 0.15) is 11.9 Å². The Balaban J connectivity index is 1.89. The minimum Gasteiger partial charge on any atom is -0.480 e. The lowest BCUT2D eigenvalue weighted by Crippen LogP contribution is -2.48. The average molecular weight is 384 g/mol. The Morgan fingerprint density at radius 3 is 2.73 bits per heavy atom. The second kappa shape index (κ2) is 10.3. The van der Waals surface area contributed by atoms with Gasteiger partial charge in [0.25, 0.3) is 7.48 Å². The maximum absolute atomic E-state index is 13.3. The zero-order chi connectivity index (χ0) is 19.1. The minimum atomic E-state index is -0.824. The summed E-state index contributed by atoms with van der Waals surface area (Å²) in [5.74, 6) is -1.17. The zero-order valence-electron chi connectivity index (χ0n) is 15.0. The number of benzene rings is 1. The second-order valence-corrected chi connectivity index (χ2v) is 7.22. The van der Waals surface area contributed by atoms with Crippen LogP contribution < -0.4 is 5.32 Å². The van der Waals surface area contributed by atoms with Crippen LogP contribution in [0.15, 0.2) is 18.2 Å². The quantitative estimate of drug-likeness (QED) is 0.452. The summed E-state index contributed by atoms with van der Waals surface area (Å²) >= 11 is 5.88. The number of halogens is 2. The largest absolute Gasteiger partial charge is 0.480 e. The summed E-state index contributed by atoms with van der Waals surface area (Å²) in [6, 6.07) is 4.33. The highest BCUT2D eigenvalue weighted by molar-refractivity contribution is 6.30. The van der Waals surface area contributed by atoms with Crippen LogP contribution in [-0.2, 0) is 4.79 Å². The predicted octanol–water partition coefficient (Wildman–Crippen LogP) is 2.71. The van der Waals surface area contributed by atoms with Crippen molar-refractivity contribution in [2.75, 3.05) is 19.6 Å². The fourth-order valence-electron chi connectivity index (χ4n) is 3.53. The third-order valence-electron chi connectivity index (χ3n) is 5.16. The highest BCUT2D eigenvalue weighted by atomic mass is 35.5. The molecule has 2 atom stereocenters. The first kappa shape index (κ1) is 21.2. The SMILES string of the molecule is CC(c1ccc(F)c(Cl)c1)N1CCC(C(NCCC[B]O)C(=O)O)CC1. The van der Waals surface area contributed by atoms with Gasteiger partial charge < -0.3 is 15.4 Å². The molecule has 1 heterocycles. The first-order valence-electron chi connectivity index (χ1n) is 9.05. The molecule has 26 heavy (non-hydrogen) atoms. The molecule has 1 radical (unpaired) electrons. The van der Waals surface area contributed by atoms with Crippen LogP contribution in [0.3, 0.4) is 0 Å². The second-order valence-electron chi connectivity index (χ2n) is 6.82. The molecule has 2 unspecified atom stereocenters.